The highest BCUT2D eigenvalue weighted by Gasteiger charge is 2.18. The van der Waals surface area contributed by atoms with E-state index in [0.29, 0.717) is 28.3 Å². The molecule has 0 aliphatic rings. The molecule has 0 amide bonds. The Hall–Kier alpha value is -3.54. The number of rotatable bonds is 5. The molecule has 8 heteroatoms. The Balaban J connectivity index is 1.91. The Morgan fingerprint density at radius 3 is 2.57 bits per heavy atom. The van der Waals surface area contributed by atoms with Crippen molar-refractivity contribution >= 4 is 5.65 Å². The van der Waals surface area contributed by atoms with E-state index in [1.165, 1.54) is 18.3 Å². The Morgan fingerprint density at radius 2 is 1.86 bits per heavy atom. The maximum Gasteiger partial charge on any atom is 0.144 e. The number of hydrogen-bond donors (Lipinski definition) is 2. The summed E-state index contributed by atoms with van der Waals surface area (Å²) in [4.78, 5) is 8.64. The first-order valence-electron chi connectivity index (χ1n) is 8.58. The molecule has 4 aromatic rings. The van der Waals surface area contributed by atoms with E-state index in [-0.39, 0.29) is 19.0 Å². The minimum absolute atomic E-state index is 0.132. The standard InChI is InChI=1S/C20H16FN5O2/c21-15-4-1-13(2-5-15)19-20(25(12-24-19)10-17(28)11-27)14-3-6-18-23-8-16(7-22)26(18)9-14/h1-6,8-9,12,17,27-28H,10-11H2. The predicted molar refractivity (Wildman–Crippen MR) is 99.6 cm³/mol. The molecule has 140 valence electrons. The van der Waals surface area contributed by atoms with Gasteiger partial charge < -0.3 is 14.8 Å². The average molecular weight is 377 g/mol. The molecule has 2 N–H and O–H groups in total. The Kier molecular flexibility index (Phi) is 4.61. The minimum Gasteiger partial charge on any atom is -0.394 e. The lowest BCUT2D eigenvalue weighted by Gasteiger charge is -2.14. The first kappa shape index (κ1) is 17.9. The summed E-state index contributed by atoms with van der Waals surface area (Å²) in [6, 6.07) is 11.7. The molecule has 4 rings (SSSR count). The molecule has 1 unspecified atom stereocenters. The van der Waals surface area contributed by atoms with Crippen LogP contribution in [0.25, 0.3) is 28.2 Å². The fraction of sp³-hybridized carbons (Fsp3) is 0.150. The summed E-state index contributed by atoms with van der Waals surface area (Å²) in [6.07, 6.45) is 3.87. The van der Waals surface area contributed by atoms with Gasteiger partial charge in [-0.15, -0.1) is 0 Å². The van der Waals surface area contributed by atoms with Crippen LogP contribution < -0.4 is 0 Å². The summed E-state index contributed by atoms with van der Waals surface area (Å²) in [5, 5.41) is 28.4. The van der Waals surface area contributed by atoms with Crippen molar-refractivity contribution in [2.75, 3.05) is 6.61 Å². The maximum absolute atomic E-state index is 13.3. The second-order valence-electron chi connectivity index (χ2n) is 6.34. The van der Waals surface area contributed by atoms with E-state index in [4.69, 9.17) is 0 Å². The van der Waals surface area contributed by atoms with Gasteiger partial charge >= 0.3 is 0 Å². The van der Waals surface area contributed by atoms with Gasteiger partial charge in [0.15, 0.2) is 0 Å². The monoisotopic (exact) mass is 377 g/mol. The SMILES string of the molecule is N#Cc1cnc2ccc(-c3c(-c4ccc(F)cc4)ncn3CC(O)CO)cn12. The van der Waals surface area contributed by atoms with Crippen molar-refractivity contribution in [3.63, 3.8) is 0 Å². The highest BCUT2D eigenvalue weighted by Crippen LogP contribution is 2.32. The molecular formula is C20H16FN5O2. The molecule has 0 aliphatic heterocycles. The molecular weight excluding hydrogens is 361 g/mol. The van der Waals surface area contributed by atoms with Crippen LogP contribution in [-0.4, -0.2) is 41.9 Å². The van der Waals surface area contributed by atoms with E-state index in [1.807, 2.05) is 6.07 Å². The number of fused-ring (bicyclic) bond motifs is 1. The molecule has 1 atom stereocenters. The smallest absolute Gasteiger partial charge is 0.144 e. The van der Waals surface area contributed by atoms with Crippen LogP contribution >= 0.6 is 0 Å². The van der Waals surface area contributed by atoms with Gasteiger partial charge in [0.1, 0.15) is 23.2 Å². The molecule has 3 aromatic heterocycles. The summed E-state index contributed by atoms with van der Waals surface area (Å²) in [5.41, 5.74) is 3.75. The lowest BCUT2D eigenvalue weighted by Crippen LogP contribution is -2.20. The molecule has 0 bridgehead atoms. The summed E-state index contributed by atoms with van der Waals surface area (Å²) >= 11 is 0. The first-order valence-corrected chi connectivity index (χ1v) is 8.58. The normalized spacial score (nSPS) is 12.2. The second kappa shape index (κ2) is 7.23. The van der Waals surface area contributed by atoms with Crippen LogP contribution in [0.4, 0.5) is 4.39 Å². The third kappa shape index (κ3) is 3.13. The summed E-state index contributed by atoms with van der Waals surface area (Å²) in [7, 11) is 0. The molecule has 1 aromatic carbocycles. The number of nitriles is 1. The molecule has 0 saturated heterocycles. The van der Waals surface area contributed by atoms with E-state index in [0.717, 1.165) is 5.56 Å². The number of halogens is 1. The Morgan fingerprint density at radius 1 is 1.11 bits per heavy atom. The van der Waals surface area contributed by atoms with Crippen LogP contribution in [0.2, 0.25) is 0 Å². The van der Waals surface area contributed by atoms with Crippen LogP contribution in [0.1, 0.15) is 5.69 Å². The molecule has 0 aliphatic carbocycles. The van der Waals surface area contributed by atoms with Crippen LogP contribution in [0, 0.1) is 17.1 Å². The summed E-state index contributed by atoms with van der Waals surface area (Å²) in [5.74, 6) is -0.348. The van der Waals surface area contributed by atoms with Gasteiger partial charge in [0, 0.05) is 17.3 Å². The second-order valence-corrected chi connectivity index (χ2v) is 6.34. The number of nitrogens with zero attached hydrogens (tertiary/aromatic N) is 5. The molecule has 3 heterocycles. The Labute approximate surface area is 159 Å². The van der Waals surface area contributed by atoms with Crippen LogP contribution in [-0.2, 0) is 6.54 Å². The predicted octanol–water partition coefficient (Wildman–Crippen LogP) is 2.23. The van der Waals surface area contributed by atoms with Gasteiger partial charge in [-0.05, 0) is 36.4 Å². The molecule has 0 radical (unpaired) electrons. The topological polar surface area (TPSA) is 99.4 Å². The summed E-state index contributed by atoms with van der Waals surface area (Å²) in [6.45, 7) is -0.254. The number of pyridine rings is 1. The molecule has 0 spiro atoms. The van der Waals surface area contributed by atoms with Crippen LogP contribution in [0.15, 0.2) is 55.1 Å². The fourth-order valence-electron chi connectivity index (χ4n) is 3.13. The van der Waals surface area contributed by atoms with Crippen molar-refractivity contribution in [3.8, 4) is 28.6 Å². The molecule has 28 heavy (non-hydrogen) atoms. The number of aliphatic hydroxyl groups excluding tert-OH is 2. The van der Waals surface area contributed by atoms with Gasteiger partial charge in [0.2, 0.25) is 0 Å². The highest BCUT2D eigenvalue weighted by atomic mass is 19.1. The van der Waals surface area contributed by atoms with E-state index < -0.39 is 6.10 Å². The third-order valence-electron chi connectivity index (χ3n) is 4.47. The number of imidazole rings is 2. The van der Waals surface area contributed by atoms with Gasteiger partial charge in [-0.2, -0.15) is 5.26 Å². The zero-order chi connectivity index (χ0) is 19.7. The van der Waals surface area contributed by atoms with E-state index >= 15 is 0 Å². The zero-order valence-corrected chi connectivity index (χ0v) is 14.7. The van der Waals surface area contributed by atoms with Crippen molar-refractivity contribution < 1.29 is 14.6 Å². The van der Waals surface area contributed by atoms with Gasteiger partial charge in [0.05, 0.1) is 43.2 Å². The van der Waals surface area contributed by atoms with Crippen LogP contribution in [0.5, 0.6) is 0 Å². The van der Waals surface area contributed by atoms with E-state index in [9.17, 15) is 19.9 Å². The quantitative estimate of drug-likeness (QED) is 0.556. The lowest BCUT2D eigenvalue weighted by molar-refractivity contribution is 0.0815. The molecule has 0 saturated carbocycles. The number of hydrogen-bond acceptors (Lipinski definition) is 5. The fourth-order valence-corrected chi connectivity index (χ4v) is 3.13. The van der Waals surface area contributed by atoms with Gasteiger partial charge in [-0.1, -0.05) is 0 Å². The lowest BCUT2D eigenvalue weighted by atomic mass is 10.1. The van der Waals surface area contributed by atoms with Crippen LogP contribution in [0.3, 0.4) is 0 Å². The summed E-state index contributed by atoms with van der Waals surface area (Å²) < 4.78 is 16.7. The van der Waals surface area contributed by atoms with Crippen molar-refractivity contribution in [2.24, 2.45) is 0 Å². The average Bonchev–Trinajstić information content (AvgIpc) is 3.31. The maximum atomic E-state index is 13.3. The largest absolute Gasteiger partial charge is 0.394 e. The van der Waals surface area contributed by atoms with Gasteiger partial charge in [-0.3, -0.25) is 4.40 Å². The Bertz CT molecular complexity index is 1170. The van der Waals surface area contributed by atoms with Crippen molar-refractivity contribution in [1.29, 1.82) is 5.26 Å². The minimum atomic E-state index is -0.958. The molecule has 0 fully saturated rings. The number of aromatic nitrogens is 4. The van der Waals surface area contributed by atoms with E-state index in [1.54, 1.807) is 39.7 Å². The first-order chi connectivity index (χ1) is 13.6. The number of aliphatic hydroxyl groups is 2. The molecule has 7 nitrogen and oxygen atoms in total. The van der Waals surface area contributed by atoms with Crippen molar-refractivity contribution in [2.45, 2.75) is 12.6 Å². The third-order valence-corrected chi connectivity index (χ3v) is 4.47. The highest BCUT2D eigenvalue weighted by molar-refractivity contribution is 5.79. The zero-order valence-electron chi connectivity index (χ0n) is 14.7. The van der Waals surface area contributed by atoms with Crippen molar-refractivity contribution in [3.05, 3.63) is 66.6 Å². The van der Waals surface area contributed by atoms with Gasteiger partial charge in [0.25, 0.3) is 0 Å². The van der Waals surface area contributed by atoms with Crippen molar-refractivity contribution in [1.82, 2.24) is 18.9 Å². The number of benzene rings is 1. The van der Waals surface area contributed by atoms with E-state index in [2.05, 4.69) is 16.0 Å². The van der Waals surface area contributed by atoms with Gasteiger partial charge in [-0.25, -0.2) is 14.4 Å².